The van der Waals surface area contributed by atoms with E-state index in [-0.39, 0.29) is 11.9 Å². The quantitative estimate of drug-likeness (QED) is 0.672. The highest BCUT2D eigenvalue weighted by Gasteiger charge is 2.28. The molecule has 1 aromatic heterocycles. The van der Waals surface area contributed by atoms with Gasteiger partial charge in [0.15, 0.2) is 11.5 Å². The van der Waals surface area contributed by atoms with Crippen LogP contribution in [-0.2, 0) is 17.9 Å². The second-order valence-corrected chi connectivity index (χ2v) is 7.37. The number of carbonyl (C=O) groups excluding carboxylic acids is 1. The van der Waals surface area contributed by atoms with Gasteiger partial charge in [0.2, 0.25) is 0 Å². The van der Waals surface area contributed by atoms with Crippen LogP contribution in [0.5, 0.6) is 0 Å². The van der Waals surface area contributed by atoms with Crippen molar-refractivity contribution >= 4 is 17.1 Å². The van der Waals surface area contributed by atoms with Crippen LogP contribution >= 0.6 is 0 Å². The topological polar surface area (TPSA) is 67.6 Å². The number of ether oxygens (including phenoxy) is 1. The third-order valence-electron chi connectivity index (χ3n) is 5.38. The lowest BCUT2D eigenvalue weighted by atomic mass is 9.98. The molecule has 2 aromatic carbocycles. The largest absolute Gasteiger partial charge is 0.440 e. The Kier molecular flexibility index (Phi) is 6.10. The van der Waals surface area contributed by atoms with Gasteiger partial charge in [-0.2, -0.15) is 0 Å². The summed E-state index contributed by atoms with van der Waals surface area (Å²) >= 11 is 0. The summed E-state index contributed by atoms with van der Waals surface area (Å²) in [5, 5.41) is 3.06. The molecule has 0 spiro atoms. The molecule has 152 valence electrons. The second kappa shape index (κ2) is 9.09. The summed E-state index contributed by atoms with van der Waals surface area (Å²) in [7, 11) is 0. The van der Waals surface area contributed by atoms with Crippen molar-refractivity contribution < 1.29 is 13.9 Å². The molecule has 0 bridgehead atoms. The lowest BCUT2D eigenvalue weighted by Crippen LogP contribution is -2.44. The van der Waals surface area contributed by atoms with E-state index in [0.29, 0.717) is 26.3 Å². The van der Waals surface area contributed by atoms with Crippen LogP contribution in [0.25, 0.3) is 11.1 Å². The molecule has 1 aliphatic heterocycles. The Hall–Kier alpha value is -2.86. The first-order chi connectivity index (χ1) is 14.2. The highest BCUT2D eigenvalue weighted by molar-refractivity contribution is 5.74. The summed E-state index contributed by atoms with van der Waals surface area (Å²) in [5.74, 6) is 0.859. The number of hydrogen-bond donors (Lipinski definition) is 1. The number of benzene rings is 2. The van der Waals surface area contributed by atoms with E-state index in [9.17, 15) is 4.79 Å². The summed E-state index contributed by atoms with van der Waals surface area (Å²) in [6, 6.07) is 15.8. The van der Waals surface area contributed by atoms with Gasteiger partial charge < -0.3 is 19.4 Å². The number of aromatic nitrogens is 1. The number of hydrogen-bond acceptors (Lipinski definition) is 4. The Labute approximate surface area is 170 Å². The van der Waals surface area contributed by atoms with Crippen molar-refractivity contribution in [3.63, 3.8) is 0 Å². The van der Waals surface area contributed by atoms with Crippen molar-refractivity contribution in [1.82, 2.24) is 15.2 Å². The summed E-state index contributed by atoms with van der Waals surface area (Å²) in [6.07, 6.45) is 1.92. The van der Waals surface area contributed by atoms with Crippen LogP contribution in [0.1, 0.15) is 42.7 Å². The number of likely N-dealkylation sites (tertiary alicyclic amines) is 1. The zero-order chi connectivity index (χ0) is 20.1. The maximum atomic E-state index is 12.8. The van der Waals surface area contributed by atoms with Crippen molar-refractivity contribution in [3.8, 4) is 0 Å². The summed E-state index contributed by atoms with van der Waals surface area (Å²) < 4.78 is 11.5. The fourth-order valence-corrected chi connectivity index (χ4v) is 3.79. The molecule has 1 unspecified atom stereocenters. The number of piperidine rings is 1. The Morgan fingerprint density at radius 3 is 2.83 bits per heavy atom. The molecule has 0 radical (unpaired) electrons. The minimum absolute atomic E-state index is 0.0444. The minimum Gasteiger partial charge on any atom is -0.440 e. The van der Waals surface area contributed by atoms with Gasteiger partial charge in [-0.15, -0.1) is 0 Å². The lowest BCUT2D eigenvalue weighted by Gasteiger charge is -2.31. The van der Waals surface area contributed by atoms with Crippen LogP contribution < -0.4 is 5.32 Å². The van der Waals surface area contributed by atoms with Crippen LogP contribution in [0.2, 0.25) is 0 Å². The fourth-order valence-electron chi connectivity index (χ4n) is 3.79. The van der Waals surface area contributed by atoms with Crippen molar-refractivity contribution in [2.24, 2.45) is 0 Å². The predicted molar refractivity (Wildman–Crippen MR) is 112 cm³/mol. The van der Waals surface area contributed by atoms with Gasteiger partial charge in [0.25, 0.3) is 0 Å². The number of nitrogens with one attached hydrogen (secondary N) is 1. The zero-order valence-electron chi connectivity index (χ0n) is 16.8. The average Bonchev–Trinajstić information content (AvgIpc) is 3.21. The number of fused-ring (bicyclic) bond motifs is 1. The van der Waals surface area contributed by atoms with E-state index in [1.165, 1.54) is 0 Å². The van der Waals surface area contributed by atoms with E-state index >= 15 is 0 Å². The van der Waals surface area contributed by atoms with Crippen LogP contribution in [-0.4, -0.2) is 35.6 Å². The first-order valence-electron chi connectivity index (χ1n) is 10.3. The molecule has 3 aromatic rings. The van der Waals surface area contributed by atoms with Crippen LogP contribution in [0.4, 0.5) is 4.79 Å². The standard InChI is InChI=1S/C23H27N3O3/c1-2-28-16-19-9-4-3-8-17(19)14-24-23(27)26-13-7-10-18(15-26)22-25-20-11-5-6-12-21(20)29-22/h3-6,8-9,11-12,18H,2,7,10,13-16H2,1H3,(H,24,27). The molecule has 2 heterocycles. The van der Waals surface area contributed by atoms with Crippen molar-refractivity contribution in [3.05, 3.63) is 65.5 Å². The molecule has 2 amide bonds. The van der Waals surface area contributed by atoms with Gasteiger partial charge in [0.1, 0.15) is 5.52 Å². The van der Waals surface area contributed by atoms with Gasteiger partial charge >= 0.3 is 6.03 Å². The monoisotopic (exact) mass is 393 g/mol. The smallest absolute Gasteiger partial charge is 0.317 e. The second-order valence-electron chi connectivity index (χ2n) is 7.37. The Balaban J connectivity index is 1.38. The lowest BCUT2D eigenvalue weighted by molar-refractivity contribution is 0.133. The van der Waals surface area contributed by atoms with Gasteiger partial charge in [0.05, 0.1) is 12.5 Å². The van der Waals surface area contributed by atoms with E-state index in [1.807, 2.05) is 60.4 Å². The molecule has 6 nitrogen and oxygen atoms in total. The molecule has 1 saturated heterocycles. The van der Waals surface area contributed by atoms with Gasteiger partial charge in [-0.25, -0.2) is 9.78 Å². The predicted octanol–water partition coefficient (Wildman–Crippen LogP) is 4.45. The Morgan fingerprint density at radius 2 is 2.00 bits per heavy atom. The number of amides is 2. The summed E-state index contributed by atoms with van der Waals surface area (Å²) in [5.41, 5.74) is 3.87. The number of nitrogens with zero attached hydrogens (tertiary/aromatic N) is 2. The molecule has 6 heteroatoms. The van der Waals surface area contributed by atoms with Gasteiger partial charge in [-0.3, -0.25) is 0 Å². The maximum absolute atomic E-state index is 12.8. The SMILES string of the molecule is CCOCc1ccccc1CNC(=O)N1CCCC(c2nc3ccccc3o2)C1. The van der Waals surface area contributed by atoms with Crippen LogP contribution in [0.15, 0.2) is 52.9 Å². The number of para-hydroxylation sites is 2. The van der Waals surface area contributed by atoms with Crippen molar-refractivity contribution in [1.29, 1.82) is 0 Å². The van der Waals surface area contributed by atoms with Crippen LogP contribution in [0.3, 0.4) is 0 Å². The van der Waals surface area contributed by atoms with E-state index in [4.69, 9.17) is 9.15 Å². The van der Waals surface area contributed by atoms with E-state index < -0.39 is 0 Å². The molecule has 1 fully saturated rings. The molecular weight excluding hydrogens is 366 g/mol. The molecule has 4 rings (SSSR count). The number of urea groups is 1. The fraction of sp³-hybridized carbons (Fsp3) is 0.391. The summed E-state index contributed by atoms with van der Waals surface area (Å²) in [4.78, 5) is 19.3. The number of carbonyl (C=O) groups is 1. The van der Waals surface area contributed by atoms with Gasteiger partial charge in [-0.1, -0.05) is 36.4 Å². The first kappa shape index (κ1) is 19.5. The normalized spacial score (nSPS) is 16.9. The highest BCUT2D eigenvalue weighted by atomic mass is 16.5. The number of oxazole rings is 1. The zero-order valence-corrected chi connectivity index (χ0v) is 16.8. The van der Waals surface area contributed by atoms with Gasteiger partial charge in [0, 0.05) is 26.2 Å². The highest BCUT2D eigenvalue weighted by Crippen LogP contribution is 2.29. The van der Waals surface area contributed by atoms with E-state index in [0.717, 1.165) is 47.5 Å². The molecular formula is C23H27N3O3. The molecule has 0 aliphatic carbocycles. The minimum atomic E-state index is -0.0444. The molecule has 1 atom stereocenters. The van der Waals surface area contributed by atoms with Crippen LogP contribution in [0, 0.1) is 0 Å². The van der Waals surface area contributed by atoms with Crippen molar-refractivity contribution in [2.75, 3.05) is 19.7 Å². The van der Waals surface area contributed by atoms with E-state index in [1.54, 1.807) is 0 Å². The molecule has 29 heavy (non-hydrogen) atoms. The molecule has 1 N–H and O–H groups in total. The molecule has 0 saturated carbocycles. The number of rotatable bonds is 6. The van der Waals surface area contributed by atoms with Gasteiger partial charge in [-0.05, 0) is 43.0 Å². The molecule has 1 aliphatic rings. The Bertz CT molecular complexity index is 936. The third kappa shape index (κ3) is 4.59. The Morgan fingerprint density at radius 1 is 1.21 bits per heavy atom. The van der Waals surface area contributed by atoms with E-state index in [2.05, 4.69) is 10.3 Å². The summed E-state index contributed by atoms with van der Waals surface area (Å²) in [6.45, 7) is 5.08. The average molecular weight is 393 g/mol. The van der Waals surface area contributed by atoms with Crippen molar-refractivity contribution in [2.45, 2.75) is 38.8 Å². The third-order valence-corrected chi connectivity index (χ3v) is 5.38. The first-order valence-corrected chi connectivity index (χ1v) is 10.3. The maximum Gasteiger partial charge on any atom is 0.317 e.